The molecule has 6 nitrogen and oxygen atoms in total. The molecule has 0 bridgehead atoms. The summed E-state index contributed by atoms with van der Waals surface area (Å²) in [5, 5.41) is 6.08. The van der Waals surface area contributed by atoms with Crippen LogP contribution in [0.3, 0.4) is 0 Å². The van der Waals surface area contributed by atoms with Crippen LogP contribution < -0.4 is 10.6 Å². The van der Waals surface area contributed by atoms with Crippen LogP contribution in [0.15, 0.2) is 0 Å². The van der Waals surface area contributed by atoms with E-state index in [9.17, 15) is 9.59 Å². The number of nitrogens with one attached hydrogen (secondary N) is 2. The largest absolute Gasteiger partial charge is 0.450 e. The molecule has 0 spiro atoms. The molecular formula is C30H58N2O4. The molecule has 1 aliphatic carbocycles. The van der Waals surface area contributed by atoms with Crippen molar-refractivity contribution in [1.82, 2.24) is 10.6 Å². The van der Waals surface area contributed by atoms with Gasteiger partial charge >= 0.3 is 12.2 Å². The van der Waals surface area contributed by atoms with E-state index in [4.69, 9.17) is 9.47 Å². The highest BCUT2D eigenvalue weighted by molar-refractivity contribution is 5.68. The van der Waals surface area contributed by atoms with Crippen LogP contribution in [0.25, 0.3) is 0 Å². The summed E-state index contributed by atoms with van der Waals surface area (Å²) in [6.45, 7) is 12.6. The summed E-state index contributed by atoms with van der Waals surface area (Å²) in [6, 6.07) is 0.0471. The summed E-state index contributed by atoms with van der Waals surface area (Å²) in [6.07, 6.45) is 18.9. The molecule has 1 fully saturated rings. The third-order valence-electron chi connectivity index (χ3n) is 7.39. The van der Waals surface area contributed by atoms with Crippen molar-refractivity contribution in [3.63, 3.8) is 0 Å². The second-order valence-corrected chi connectivity index (χ2v) is 12.3. The van der Waals surface area contributed by atoms with E-state index in [0.717, 1.165) is 44.9 Å². The molecule has 1 saturated carbocycles. The molecule has 2 unspecified atom stereocenters. The Balaban J connectivity index is 2.28. The molecule has 1 rings (SSSR count). The third-order valence-corrected chi connectivity index (χ3v) is 7.39. The van der Waals surface area contributed by atoms with Gasteiger partial charge in [0.05, 0.1) is 13.2 Å². The minimum atomic E-state index is -0.329. The van der Waals surface area contributed by atoms with Gasteiger partial charge in [-0.1, -0.05) is 112 Å². The maximum absolute atomic E-state index is 12.4. The van der Waals surface area contributed by atoms with Gasteiger partial charge in [-0.15, -0.1) is 0 Å². The summed E-state index contributed by atoms with van der Waals surface area (Å²) >= 11 is 0. The molecule has 0 heterocycles. The van der Waals surface area contributed by atoms with Crippen LogP contribution in [0.5, 0.6) is 0 Å². The number of amides is 2. The second kappa shape index (κ2) is 18.7. The predicted octanol–water partition coefficient (Wildman–Crippen LogP) is 8.53. The fourth-order valence-electron chi connectivity index (χ4n) is 5.86. The van der Waals surface area contributed by atoms with Crippen LogP contribution in [0.1, 0.15) is 144 Å². The zero-order valence-electron chi connectivity index (χ0n) is 24.4. The molecule has 0 radical (unpaired) electrons. The number of carbonyl (C=O) groups is 2. The fourth-order valence-corrected chi connectivity index (χ4v) is 5.86. The number of hydrogen-bond donors (Lipinski definition) is 2. The minimum absolute atomic E-state index is 0.0471. The topological polar surface area (TPSA) is 76.7 Å². The van der Waals surface area contributed by atoms with Gasteiger partial charge < -0.3 is 20.1 Å². The van der Waals surface area contributed by atoms with E-state index in [1.54, 1.807) is 0 Å². The van der Waals surface area contributed by atoms with E-state index in [2.05, 4.69) is 45.3 Å². The van der Waals surface area contributed by atoms with Gasteiger partial charge in [0.1, 0.15) is 0 Å². The van der Waals surface area contributed by atoms with Crippen LogP contribution in [-0.2, 0) is 9.47 Å². The van der Waals surface area contributed by atoms with Crippen LogP contribution in [-0.4, -0.2) is 38.0 Å². The molecule has 2 N–H and O–H groups in total. The molecule has 36 heavy (non-hydrogen) atoms. The number of hydrogen-bond acceptors (Lipinski definition) is 4. The Morgan fingerprint density at radius 1 is 0.694 bits per heavy atom. The van der Waals surface area contributed by atoms with E-state index in [1.165, 1.54) is 64.2 Å². The van der Waals surface area contributed by atoms with Crippen LogP contribution in [0.2, 0.25) is 0 Å². The summed E-state index contributed by atoms with van der Waals surface area (Å²) in [7, 11) is 0. The van der Waals surface area contributed by atoms with Crippen molar-refractivity contribution in [2.24, 2.45) is 10.8 Å². The van der Waals surface area contributed by atoms with E-state index in [0.29, 0.717) is 19.8 Å². The number of unbranched alkanes of at least 4 members (excludes halogenated alkanes) is 12. The first kappa shape index (κ1) is 32.6. The highest BCUT2D eigenvalue weighted by Gasteiger charge is 2.42. The quantitative estimate of drug-likeness (QED) is 0.171. The maximum Gasteiger partial charge on any atom is 0.407 e. The van der Waals surface area contributed by atoms with E-state index >= 15 is 0 Å². The Kier molecular flexibility index (Phi) is 16.9. The average molecular weight is 511 g/mol. The molecule has 0 saturated heterocycles. The van der Waals surface area contributed by atoms with Gasteiger partial charge in [-0.05, 0) is 42.9 Å². The number of ether oxygens (including phenoxy) is 2. The number of alkyl carbamates (subject to hydrolysis) is 2. The lowest BCUT2D eigenvalue weighted by molar-refractivity contribution is 0.0621. The molecule has 2 atom stereocenters. The summed E-state index contributed by atoms with van der Waals surface area (Å²) in [5.74, 6) is 0. The normalized spacial score (nSPS) is 21.1. The van der Waals surface area contributed by atoms with Crippen molar-refractivity contribution >= 4 is 12.2 Å². The van der Waals surface area contributed by atoms with Crippen molar-refractivity contribution in [2.75, 3.05) is 19.8 Å². The first-order chi connectivity index (χ1) is 17.2. The first-order valence-corrected chi connectivity index (χ1v) is 15.0. The Morgan fingerprint density at radius 3 is 1.69 bits per heavy atom. The van der Waals surface area contributed by atoms with Gasteiger partial charge in [0.25, 0.3) is 0 Å². The van der Waals surface area contributed by atoms with Crippen LogP contribution >= 0.6 is 0 Å². The van der Waals surface area contributed by atoms with Crippen LogP contribution in [0.4, 0.5) is 9.59 Å². The van der Waals surface area contributed by atoms with Gasteiger partial charge in [0.15, 0.2) is 0 Å². The van der Waals surface area contributed by atoms with Gasteiger partial charge in [-0.3, -0.25) is 0 Å². The number of carbonyl (C=O) groups excluding carboxylic acids is 2. The summed E-state index contributed by atoms with van der Waals surface area (Å²) in [5.41, 5.74) is -0.0245. The molecule has 1 aliphatic rings. The van der Waals surface area contributed by atoms with Gasteiger partial charge in [0.2, 0.25) is 0 Å². The van der Waals surface area contributed by atoms with Crippen molar-refractivity contribution in [2.45, 2.75) is 150 Å². The van der Waals surface area contributed by atoms with Gasteiger partial charge in [-0.25, -0.2) is 9.59 Å². The molecule has 0 aliphatic heterocycles. The SMILES string of the molecule is CCCCCCCCCOC(=O)NCC1(C)CC(NC(=O)OCCCCCCCCC)CC(C)(C)C1. The Hall–Kier alpha value is -1.46. The second-order valence-electron chi connectivity index (χ2n) is 12.3. The summed E-state index contributed by atoms with van der Waals surface area (Å²) in [4.78, 5) is 24.6. The number of rotatable bonds is 19. The molecule has 0 aromatic heterocycles. The fraction of sp³-hybridized carbons (Fsp3) is 0.933. The molecule has 6 heteroatoms. The smallest absolute Gasteiger partial charge is 0.407 e. The Morgan fingerprint density at radius 2 is 1.17 bits per heavy atom. The van der Waals surface area contributed by atoms with Crippen molar-refractivity contribution in [3.05, 3.63) is 0 Å². The average Bonchev–Trinajstić information content (AvgIpc) is 2.80. The highest BCUT2D eigenvalue weighted by Crippen LogP contribution is 2.45. The van der Waals surface area contributed by atoms with Crippen molar-refractivity contribution in [1.29, 1.82) is 0 Å². The first-order valence-electron chi connectivity index (χ1n) is 15.0. The Bertz CT molecular complexity index is 595. The van der Waals surface area contributed by atoms with Gasteiger partial charge in [-0.2, -0.15) is 0 Å². The van der Waals surface area contributed by atoms with E-state index in [-0.39, 0.29) is 29.1 Å². The van der Waals surface area contributed by atoms with E-state index < -0.39 is 0 Å². The molecular weight excluding hydrogens is 452 g/mol. The van der Waals surface area contributed by atoms with E-state index in [1.807, 2.05) is 0 Å². The van der Waals surface area contributed by atoms with Crippen LogP contribution in [0, 0.1) is 10.8 Å². The molecule has 2 amide bonds. The third kappa shape index (κ3) is 16.3. The lowest BCUT2D eigenvalue weighted by atomic mass is 9.62. The maximum atomic E-state index is 12.4. The molecule has 0 aromatic rings. The zero-order chi connectivity index (χ0) is 26.7. The van der Waals surface area contributed by atoms with Crippen molar-refractivity contribution < 1.29 is 19.1 Å². The predicted molar refractivity (Wildman–Crippen MR) is 149 cm³/mol. The summed E-state index contributed by atoms with van der Waals surface area (Å²) < 4.78 is 10.9. The molecule has 0 aromatic carbocycles. The minimum Gasteiger partial charge on any atom is -0.450 e. The van der Waals surface area contributed by atoms with Gasteiger partial charge in [0, 0.05) is 12.6 Å². The highest BCUT2D eigenvalue weighted by atomic mass is 16.6. The Labute approximate surface area is 222 Å². The lowest BCUT2D eigenvalue weighted by Gasteiger charge is -2.46. The zero-order valence-corrected chi connectivity index (χ0v) is 24.4. The molecule has 212 valence electrons. The monoisotopic (exact) mass is 510 g/mol. The standard InChI is InChI=1S/C30H58N2O4/c1-6-8-10-12-14-16-18-20-35-27(33)31-25-30(5)23-26(22-29(3,4)24-30)32-28(34)36-21-19-17-15-13-11-9-7-2/h26H,6-25H2,1-5H3,(H,31,33)(H,32,34). The lowest BCUT2D eigenvalue weighted by Crippen LogP contribution is -2.50. The van der Waals surface area contributed by atoms with Crippen molar-refractivity contribution in [3.8, 4) is 0 Å².